The van der Waals surface area contributed by atoms with E-state index < -0.39 is 10.0 Å². The number of nitrogens with zero attached hydrogens (tertiary/aromatic N) is 1. The van der Waals surface area contributed by atoms with Crippen molar-refractivity contribution in [3.8, 4) is 0 Å². The molecule has 20 heavy (non-hydrogen) atoms. The third-order valence-corrected chi connectivity index (χ3v) is 6.74. The summed E-state index contributed by atoms with van der Waals surface area (Å²) in [4.78, 5) is 0.846. The molecule has 2 rings (SSSR count). The van der Waals surface area contributed by atoms with Crippen molar-refractivity contribution in [2.24, 2.45) is 0 Å². The van der Waals surface area contributed by atoms with E-state index >= 15 is 0 Å². The Balaban J connectivity index is 2.42. The molecule has 0 saturated carbocycles. The first-order valence-electron chi connectivity index (χ1n) is 6.06. The zero-order valence-corrected chi connectivity index (χ0v) is 13.9. The van der Waals surface area contributed by atoms with E-state index in [9.17, 15) is 8.42 Å². The summed E-state index contributed by atoms with van der Waals surface area (Å²) in [6, 6.07) is 9.10. The van der Waals surface area contributed by atoms with Crippen molar-refractivity contribution in [3.05, 3.63) is 46.3 Å². The third kappa shape index (κ3) is 3.00. The molecule has 1 heterocycles. The minimum Gasteiger partial charge on any atom is -0.269 e. The van der Waals surface area contributed by atoms with Crippen LogP contribution in [0.5, 0.6) is 0 Å². The van der Waals surface area contributed by atoms with Crippen molar-refractivity contribution in [3.63, 3.8) is 0 Å². The summed E-state index contributed by atoms with van der Waals surface area (Å²) in [5.74, 6) is 0.327. The van der Waals surface area contributed by atoms with E-state index in [1.165, 1.54) is 15.6 Å². The Morgan fingerprint density at radius 1 is 1.15 bits per heavy atom. The summed E-state index contributed by atoms with van der Waals surface area (Å²) in [6.45, 7) is 3.90. The maximum absolute atomic E-state index is 12.6. The monoisotopic (exact) mass is 329 g/mol. The number of aryl methyl sites for hydroxylation is 2. The molecule has 1 aromatic carbocycles. The van der Waals surface area contributed by atoms with Crippen LogP contribution in [0.2, 0.25) is 0 Å². The van der Waals surface area contributed by atoms with Gasteiger partial charge in [0.15, 0.2) is 0 Å². The van der Waals surface area contributed by atoms with Gasteiger partial charge in [-0.2, -0.15) is 0 Å². The SMILES string of the molecule is Cc1cc(C)cc(N(C)S(=O)(=O)c2ccc(CCl)s2)c1. The zero-order valence-electron chi connectivity index (χ0n) is 11.6. The largest absolute Gasteiger partial charge is 0.273 e. The lowest BCUT2D eigenvalue weighted by Gasteiger charge is -2.19. The molecular weight excluding hydrogens is 314 g/mol. The number of anilines is 1. The van der Waals surface area contributed by atoms with Gasteiger partial charge in [0.25, 0.3) is 10.0 Å². The smallest absolute Gasteiger partial charge is 0.269 e. The predicted molar refractivity (Wildman–Crippen MR) is 85.4 cm³/mol. The lowest BCUT2D eigenvalue weighted by molar-refractivity contribution is 0.596. The van der Waals surface area contributed by atoms with Crippen molar-refractivity contribution in [2.45, 2.75) is 23.9 Å². The van der Waals surface area contributed by atoms with Crippen LogP contribution in [0.25, 0.3) is 0 Å². The lowest BCUT2D eigenvalue weighted by Crippen LogP contribution is -2.25. The van der Waals surface area contributed by atoms with E-state index in [2.05, 4.69) is 0 Å². The van der Waals surface area contributed by atoms with E-state index in [4.69, 9.17) is 11.6 Å². The Kier molecular flexibility index (Phi) is 4.42. The van der Waals surface area contributed by atoms with Gasteiger partial charge in [-0.15, -0.1) is 22.9 Å². The highest BCUT2D eigenvalue weighted by atomic mass is 35.5. The van der Waals surface area contributed by atoms with Gasteiger partial charge in [0.2, 0.25) is 0 Å². The number of hydrogen-bond acceptors (Lipinski definition) is 3. The van der Waals surface area contributed by atoms with Crippen LogP contribution in [-0.4, -0.2) is 15.5 Å². The van der Waals surface area contributed by atoms with Crippen LogP contribution in [-0.2, 0) is 15.9 Å². The number of benzene rings is 1. The van der Waals surface area contributed by atoms with Crippen LogP contribution in [0, 0.1) is 13.8 Å². The number of hydrogen-bond donors (Lipinski definition) is 0. The van der Waals surface area contributed by atoms with Crippen molar-refractivity contribution in [1.82, 2.24) is 0 Å². The second-order valence-electron chi connectivity index (χ2n) is 4.67. The molecular formula is C14H16ClNO2S2. The normalized spacial score (nSPS) is 11.6. The van der Waals surface area contributed by atoms with Crippen LogP contribution in [0.3, 0.4) is 0 Å². The molecule has 0 unspecified atom stereocenters. The van der Waals surface area contributed by atoms with Crippen molar-refractivity contribution in [1.29, 1.82) is 0 Å². The molecule has 0 fully saturated rings. The van der Waals surface area contributed by atoms with Gasteiger partial charge in [-0.3, -0.25) is 4.31 Å². The molecule has 108 valence electrons. The first kappa shape index (κ1) is 15.4. The van der Waals surface area contributed by atoms with Crippen LogP contribution >= 0.6 is 22.9 Å². The molecule has 0 radical (unpaired) electrons. The number of rotatable bonds is 4. The number of sulfonamides is 1. The van der Waals surface area contributed by atoms with Crippen molar-refractivity contribution < 1.29 is 8.42 Å². The molecule has 2 aromatic rings. The maximum atomic E-state index is 12.6. The Morgan fingerprint density at radius 2 is 1.75 bits per heavy atom. The predicted octanol–water partition coefficient (Wildman–Crippen LogP) is 3.93. The minimum atomic E-state index is -3.52. The molecule has 3 nitrogen and oxygen atoms in total. The average Bonchev–Trinajstić information content (AvgIpc) is 2.86. The molecule has 0 bridgehead atoms. The van der Waals surface area contributed by atoms with E-state index in [-0.39, 0.29) is 0 Å². The second-order valence-corrected chi connectivity index (χ2v) is 8.30. The van der Waals surface area contributed by atoms with Crippen LogP contribution < -0.4 is 4.31 Å². The van der Waals surface area contributed by atoms with Gasteiger partial charge in [0.05, 0.1) is 11.6 Å². The molecule has 0 atom stereocenters. The summed E-state index contributed by atoms with van der Waals surface area (Å²) in [5, 5.41) is 0. The molecule has 0 aliphatic carbocycles. The van der Waals surface area contributed by atoms with Gasteiger partial charge in [-0.05, 0) is 49.2 Å². The fraction of sp³-hybridized carbons (Fsp3) is 0.286. The van der Waals surface area contributed by atoms with E-state index in [1.807, 2.05) is 32.0 Å². The standard InChI is InChI=1S/C14H16ClNO2S2/c1-10-6-11(2)8-12(7-10)16(3)20(17,18)14-5-4-13(9-15)19-14/h4-8H,9H2,1-3H3. The van der Waals surface area contributed by atoms with E-state index in [0.29, 0.717) is 15.8 Å². The molecule has 0 aliphatic rings. The highest BCUT2D eigenvalue weighted by Gasteiger charge is 2.23. The maximum Gasteiger partial charge on any atom is 0.273 e. The van der Waals surface area contributed by atoms with E-state index in [0.717, 1.165) is 16.0 Å². The molecule has 0 aliphatic heterocycles. The van der Waals surface area contributed by atoms with Gasteiger partial charge < -0.3 is 0 Å². The fourth-order valence-corrected chi connectivity index (χ4v) is 4.78. The first-order chi connectivity index (χ1) is 9.34. The lowest BCUT2D eigenvalue weighted by atomic mass is 10.1. The fourth-order valence-electron chi connectivity index (χ4n) is 1.97. The summed E-state index contributed by atoms with van der Waals surface area (Å²) < 4.78 is 26.8. The molecule has 0 amide bonds. The van der Waals surface area contributed by atoms with Gasteiger partial charge in [-0.1, -0.05) is 6.07 Å². The van der Waals surface area contributed by atoms with Crippen molar-refractivity contribution in [2.75, 3.05) is 11.4 Å². The average molecular weight is 330 g/mol. The molecule has 0 spiro atoms. The van der Waals surface area contributed by atoms with Crippen LogP contribution in [0.4, 0.5) is 5.69 Å². The van der Waals surface area contributed by atoms with Gasteiger partial charge in [-0.25, -0.2) is 8.42 Å². The molecule has 6 heteroatoms. The first-order valence-corrected chi connectivity index (χ1v) is 8.85. The van der Waals surface area contributed by atoms with Crippen molar-refractivity contribution >= 4 is 38.6 Å². The quantitative estimate of drug-likeness (QED) is 0.797. The highest BCUT2D eigenvalue weighted by molar-refractivity contribution is 7.94. The molecule has 0 N–H and O–H groups in total. The molecule has 0 saturated heterocycles. The topological polar surface area (TPSA) is 37.4 Å². The summed E-state index contributed by atoms with van der Waals surface area (Å²) in [5.41, 5.74) is 2.74. The molecule has 1 aromatic heterocycles. The third-order valence-electron chi connectivity index (χ3n) is 2.95. The summed E-state index contributed by atoms with van der Waals surface area (Å²) >= 11 is 6.94. The van der Waals surface area contributed by atoms with Crippen LogP contribution in [0.1, 0.15) is 16.0 Å². The van der Waals surface area contributed by atoms with E-state index in [1.54, 1.807) is 19.2 Å². The number of halogens is 1. The Morgan fingerprint density at radius 3 is 2.25 bits per heavy atom. The van der Waals surface area contributed by atoms with Gasteiger partial charge >= 0.3 is 0 Å². The number of alkyl halides is 1. The second kappa shape index (κ2) is 5.76. The Labute approximate surface area is 128 Å². The zero-order chi connectivity index (χ0) is 14.9. The minimum absolute atomic E-state index is 0.315. The summed E-state index contributed by atoms with van der Waals surface area (Å²) in [6.07, 6.45) is 0. The Bertz CT molecular complexity index is 702. The number of thiophene rings is 1. The Hall–Kier alpha value is -1.04. The highest BCUT2D eigenvalue weighted by Crippen LogP contribution is 2.29. The van der Waals surface area contributed by atoms with Crippen LogP contribution in [0.15, 0.2) is 34.5 Å². The van der Waals surface area contributed by atoms with Gasteiger partial charge in [0, 0.05) is 11.9 Å². The van der Waals surface area contributed by atoms with Gasteiger partial charge in [0.1, 0.15) is 4.21 Å². The summed E-state index contributed by atoms with van der Waals surface area (Å²) in [7, 11) is -1.95.